The van der Waals surface area contributed by atoms with Gasteiger partial charge < -0.3 is 10.3 Å². The van der Waals surface area contributed by atoms with Gasteiger partial charge in [0.25, 0.3) is 0 Å². The molecule has 1 aliphatic heterocycles. The smallest absolute Gasteiger partial charge is 0.353 e. The molecule has 0 aliphatic carbocycles. The molecule has 0 spiro atoms. The zero-order valence-electron chi connectivity index (χ0n) is 11.2. The largest absolute Gasteiger partial charge is 0.361 e. The minimum absolute atomic E-state index is 0.0502. The van der Waals surface area contributed by atoms with E-state index in [1.165, 1.54) is 6.92 Å². The lowest BCUT2D eigenvalue weighted by Crippen LogP contribution is -2.50. The van der Waals surface area contributed by atoms with Crippen LogP contribution in [0.15, 0.2) is 0 Å². The molecule has 0 bridgehead atoms. The fraction of sp³-hybridized carbons (Fsp3) is 0.833. The van der Waals surface area contributed by atoms with Crippen molar-refractivity contribution in [3.05, 3.63) is 5.53 Å². The molecule has 0 saturated carbocycles. The summed E-state index contributed by atoms with van der Waals surface area (Å²) in [4.78, 5) is 16.8. The average molecular weight is 239 g/mol. The number of hydrogen-bond acceptors (Lipinski definition) is 2. The van der Waals surface area contributed by atoms with Gasteiger partial charge in [-0.25, -0.2) is 0 Å². The lowest BCUT2D eigenvalue weighted by molar-refractivity contribution is -0.143. The number of rotatable bonds is 3. The molecule has 1 fully saturated rings. The quantitative estimate of drug-likeness (QED) is 0.427. The van der Waals surface area contributed by atoms with Crippen molar-refractivity contribution in [3.8, 4) is 0 Å². The molecule has 0 aromatic rings. The third-order valence-electron chi connectivity index (χ3n) is 3.00. The Morgan fingerprint density at radius 1 is 1.59 bits per heavy atom. The second-order valence-electron chi connectivity index (χ2n) is 5.40. The van der Waals surface area contributed by atoms with E-state index in [9.17, 15) is 4.79 Å². The van der Waals surface area contributed by atoms with Crippen molar-refractivity contribution < 1.29 is 14.3 Å². The molecule has 17 heavy (non-hydrogen) atoms. The second-order valence-corrected chi connectivity index (χ2v) is 5.40. The molecule has 5 nitrogen and oxygen atoms in total. The summed E-state index contributed by atoms with van der Waals surface area (Å²) >= 11 is 0. The molecule has 5 heteroatoms. The highest BCUT2D eigenvalue weighted by Gasteiger charge is 2.46. The summed E-state index contributed by atoms with van der Waals surface area (Å²) in [6, 6.07) is 0.0502. The summed E-state index contributed by atoms with van der Waals surface area (Å²) in [5.74, 6) is 0.222. The van der Waals surface area contributed by atoms with E-state index in [0.29, 0.717) is 12.5 Å². The Morgan fingerprint density at radius 3 is 2.65 bits per heavy atom. The van der Waals surface area contributed by atoms with E-state index in [-0.39, 0.29) is 17.7 Å². The number of carbonyl (C=O) groups excluding carboxylic acids is 1. The highest BCUT2D eigenvalue weighted by Crippen LogP contribution is 2.30. The number of amides is 1. The highest BCUT2D eigenvalue weighted by molar-refractivity contribution is 6.35. The number of carbonyl (C=O) groups is 1. The van der Waals surface area contributed by atoms with Crippen LogP contribution in [0.1, 0.15) is 41.0 Å². The van der Waals surface area contributed by atoms with E-state index in [4.69, 9.17) is 10.3 Å². The fourth-order valence-corrected chi connectivity index (χ4v) is 2.23. The molecule has 1 atom stereocenters. The first-order chi connectivity index (χ1) is 7.79. The van der Waals surface area contributed by atoms with Gasteiger partial charge in [-0.15, -0.1) is 0 Å². The van der Waals surface area contributed by atoms with Crippen molar-refractivity contribution in [3.63, 3.8) is 0 Å². The normalized spacial score (nSPS) is 22.7. The van der Waals surface area contributed by atoms with Crippen LogP contribution in [0.2, 0.25) is 0 Å². The first kappa shape index (κ1) is 13.9. The number of nitrogens with zero attached hydrogens (tertiary/aromatic N) is 3. The van der Waals surface area contributed by atoms with Crippen LogP contribution >= 0.6 is 0 Å². The minimum Gasteiger partial charge on any atom is -0.361 e. The van der Waals surface area contributed by atoms with Gasteiger partial charge in [-0.3, -0.25) is 9.69 Å². The second kappa shape index (κ2) is 4.98. The summed E-state index contributed by atoms with van der Waals surface area (Å²) in [5, 5.41) is 0. The first-order valence-electron chi connectivity index (χ1n) is 5.96. The maximum Gasteiger partial charge on any atom is 0.353 e. The zero-order chi connectivity index (χ0) is 13.2. The summed E-state index contributed by atoms with van der Waals surface area (Å²) < 4.78 is 5.65. The van der Waals surface area contributed by atoms with E-state index in [1.54, 1.807) is 4.90 Å². The number of hydrogen-bond donors (Lipinski definition) is 0. The van der Waals surface area contributed by atoms with Gasteiger partial charge in [-0.1, -0.05) is 13.8 Å². The first-order valence-corrected chi connectivity index (χ1v) is 5.96. The fourth-order valence-electron chi connectivity index (χ4n) is 2.23. The molecule has 1 unspecified atom stereocenters. The van der Waals surface area contributed by atoms with Gasteiger partial charge in [0.1, 0.15) is 5.72 Å². The molecule has 1 saturated heterocycles. The third-order valence-corrected chi connectivity index (χ3v) is 3.00. The van der Waals surface area contributed by atoms with Gasteiger partial charge in [0.2, 0.25) is 0 Å². The lowest BCUT2D eigenvalue weighted by atomic mass is 10.0. The molecule has 1 amide bonds. The van der Waals surface area contributed by atoms with E-state index in [1.807, 2.05) is 13.8 Å². The van der Waals surface area contributed by atoms with Crippen LogP contribution in [0, 0.1) is 5.92 Å². The van der Waals surface area contributed by atoms with Crippen LogP contribution in [-0.2, 0) is 9.53 Å². The molecule has 1 rings (SSSR count). The Morgan fingerprint density at radius 2 is 2.18 bits per heavy atom. The van der Waals surface area contributed by atoms with E-state index < -0.39 is 5.72 Å². The van der Waals surface area contributed by atoms with Crippen molar-refractivity contribution in [2.24, 2.45) is 5.92 Å². The Balaban J connectivity index is 2.96. The van der Waals surface area contributed by atoms with Gasteiger partial charge >= 0.3 is 11.6 Å². The van der Waals surface area contributed by atoms with Crippen molar-refractivity contribution >= 4 is 11.6 Å². The lowest BCUT2D eigenvalue weighted by Gasteiger charge is -2.32. The summed E-state index contributed by atoms with van der Waals surface area (Å²) in [6.07, 6.45) is 0.883. The molecule has 0 radical (unpaired) electrons. The SMILES string of the molecule is CC(=[N+]=[N-])C(=O)N1C(CC(C)C)COC1(C)C. The van der Waals surface area contributed by atoms with Crippen LogP contribution in [0.4, 0.5) is 0 Å². The van der Waals surface area contributed by atoms with Crippen molar-refractivity contribution in [1.29, 1.82) is 0 Å². The monoisotopic (exact) mass is 239 g/mol. The van der Waals surface area contributed by atoms with Gasteiger partial charge in [-0.2, -0.15) is 4.79 Å². The Kier molecular flexibility index (Phi) is 4.07. The highest BCUT2D eigenvalue weighted by atomic mass is 16.5. The van der Waals surface area contributed by atoms with Crippen LogP contribution in [0.5, 0.6) is 0 Å². The van der Waals surface area contributed by atoms with Crippen molar-refractivity contribution in [2.75, 3.05) is 6.61 Å². The van der Waals surface area contributed by atoms with Gasteiger partial charge in [-0.05, 0) is 26.2 Å². The molecular weight excluding hydrogens is 218 g/mol. The molecule has 96 valence electrons. The van der Waals surface area contributed by atoms with E-state index in [0.717, 1.165) is 6.42 Å². The third kappa shape index (κ3) is 2.93. The molecular formula is C12H21N3O2. The van der Waals surface area contributed by atoms with Gasteiger partial charge in [0, 0.05) is 6.92 Å². The molecule has 0 aromatic heterocycles. The Hall–Kier alpha value is -1.19. The standard InChI is InChI=1S/C12H21N3O2/c1-8(2)6-10-7-17-12(4,5)15(10)11(16)9(3)14-13/h8,10H,6-7H2,1-5H3. The number of ether oxygens (including phenoxy) is 1. The molecule has 1 aliphatic rings. The zero-order valence-corrected chi connectivity index (χ0v) is 11.2. The van der Waals surface area contributed by atoms with Gasteiger partial charge in [0.05, 0.1) is 12.6 Å². The molecule has 0 N–H and O–H groups in total. The van der Waals surface area contributed by atoms with Crippen molar-refractivity contribution in [1.82, 2.24) is 4.90 Å². The maximum absolute atomic E-state index is 12.1. The van der Waals surface area contributed by atoms with Crippen LogP contribution in [0.3, 0.4) is 0 Å². The van der Waals surface area contributed by atoms with E-state index in [2.05, 4.69) is 18.6 Å². The Bertz CT molecular complexity index is 357. The predicted octanol–water partition coefficient (Wildman–Crippen LogP) is 1.69. The maximum atomic E-state index is 12.1. The molecule has 1 heterocycles. The van der Waals surface area contributed by atoms with Gasteiger partial charge in [0.15, 0.2) is 0 Å². The van der Waals surface area contributed by atoms with E-state index >= 15 is 0 Å². The molecule has 0 aromatic carbocycles. The van der Waals surface area contributed by atoms with Crippen LogP contribution in [0.25, 0.3) is 5.53 Å². The average Bonchev–Trinajstić information content (AvgIpc) is 2.51. The van der Waals surface area contributed by atoms with Crippen LogP contribution < -0.4 is 0 Å². The summed E-state index contributed by atoms with van der Waals surface area (Å²) in [7, 11) is 0. The summed E-state index contributed by atoms with van der Waals surface area (Å²) in [5.41, 5.74) is 8.16. The predicted molar refractivity (Wildman–Crippen MR) is 64.4 cm³/mol. The van der Waals surface area contributed by atoms with Crippen molar-refractivity contribution in [2.45, 2.75) is 52.8 Å². The Labute approximate surface area is 102 Å². The summed E-state index contributed by atoms with van der Waals surface area (Å²) in [6.45, 7) is 9.98. The topological polar surface area (TPSA) is 65.9 Å². The van der Waals surface area contributed by atoms with Crippen LogP contribution in [-0.4, -0.2) is 39.7 Å². The minimum atomic E-state index is -0.636.